The average Bonchev–Trinajstić information content (AvgIpc) is 2.74. The molecule has 0 radical (unpaired) electrons. The molecule has 6 heteroatoms. The van der Waals surface area contributed by atoms with Gasteiger partial charge in [0.2, 0.25) is 0 Å². The number of hydrogen-bond acceptors (Lipinski definition) is 5. The molecule has 182 valence electrons. The number of benzene rings is 1. The molecule has 32 heavy (non-hydrogen) atoms. The van der Waals surface area contributed by atoms with Gasteiger partial charge >= 0.3 is 0 Å². The summed E-state index contributed by atoms with van der Waals surface area (Å²) in [5.74, 6) is 0.825. The Hall–Kier alpha value is -1.18. The SMILES string of the molecule is COc1ccc(CO[C@H]2C/C=C\C[C@@H](CO[Si](C(C)C)(C(C)C)C(C)C)O[C@@H]2CO)cc1. The number of rotatable bonds is 11. The van der Waals surface area contributed by atoms with Crippen LogP contribution < -0.4 is 4.74 Å². The van der Waals surface area contributed by atoms with E-state index in [2.05, 4.69) is 53.7 Å². The third-order valence-electron chi connectivity index (χ3n) is 6.75. The van der Waals surface area contributed by atoms with Crippen LogP contribution in [0.25, 0.3) is 0 Å². The van der Waals surface area contributed by atoms with Gasteiger partial charge in [-0.2, -0.15) is 0 Å². The first-order valence-corrected chi connectivity index (χ1v) is 14.2. The van der Waals surface area contributed by atoms with Crippen LogP contribution in [0.15, 0.2) is 36.4 Å². The highest BCUT2D eigenvalue weighted by atomic mass is 28.4. The van der Waals surface area contributed by atoms with Gasteiger partial charge in [0.15, 0.2) is 8.32 Å². The van der Waals surface area contributed by atoms with Gasteiger partial charge in [0, 0.05) is 0 Å². The van der Waals surface area contributed by atoms with E-state index in [1.165, 1.54) is 0 Å². The molecular weight excluding hydrogens is 420 g/mol. The molecule has 0 spiro atoms. The monoisotopic (exact) mass is 464 g/mol. The van der Waals surface area contributed by atoms with E-state index in [0.717, 1.165) is 24.2 Å². The highest BCUT2D eigenvalue weighted by molar-refractivity contribution is 6.77. The molecule has 0 fully saturated rings. The minimum Gasteiger partial charge on any atom is -0.497 e. The fourth-order valence-corrected chi connectivity index (χ4v) is 10.6. The predicted octanol–water partition coefficient (Wildman–Crippen LogP) is 5.87. The second-order valence-electron chi connectivity index (χ2n) is 9.75. The normalized spacial score (nSPS) is 23.4. The van der Waals surface area contributed by atoms with E-state index in [1.54, 1.807) is 7.11 Å². The van der Waals surface area contributed by atoms with Crippen LogP contribution in [0.4, 0.5) is 0 Å². The largest absolute Gasteiger partial charge is 0.497 e. The molecule has 5 nitrogen and oxygen atoms in total. The summed E-state index contributed by atoms with van der Waals surface area (Å²) in [7, 11) is -0.307. The Labute approximate surface area is 196 Å². The topological polar surface area (TPSA) is 57.2 Å². The summed E-state index contributed by atoms with van der Waals surface area (Å²) in [4.78, 5) is 0. The first kappa shape index (κ1) is 27.1. The van der Waals surface area contributed by atoms with Crippen molar-refractivity contribution in [1.82, 2.24) is 0 Å². The molecule has 0 aliphatic carbocycles. The van der Waals surface area contributed by atoms with Gasteiger partial charge < -0.3 is 23.7 Å². The van der Waals surface area contributed by atoms with Crippen molar-refractivity contribution < 1.29 is 23.7 Å². The summed E-state index contributed by atoms with van der Waals surface area (Å²) in [5.41, 5.74) is 2.65. The minimum atomic E-state index is -1.97. The van der Waals surface area contributed by atoms with Crippen molar-refractivity contribution in [1.29, 1.82) is 0 Å². The maximum atomic E-state index is 10.1. The molecule has 0 aromatic heterocycles. The lowest BCUT2D eigenvalue weighted by Crippen LogP contribution is -2.50. The van der Waals surface area contributed by atoms with E-state index in [4.69, 9.17) is 18.6 Å². The Morgan fingerprint density at radius 2 is 1.56 bits per heavy atom. The molecule has 3 atom stereocenters. The van der Waals surface area contributed by atoms with Gasteiger partial charge in [0.1, 0.15) is 11.9 Å². The Bertz CT molecular complexity index is 664. The van der Waals surface area contributed by atoms with Crippen molar-refractivity contribution >= 4 is 8.32 Å². The lowest BCUT2D eigenvalue weighted by molar-refractivity contribution is -0.131. The molecule has 0 saturated carbocycles. The van der Waals surface area contributed by atoms with Gasteiger partial charge in [-0.15, -0.1) is 0 Å². The van der Waals surface area contributed by atoms with Crippen molar-refractivity contribution in [2.24, 2.45) is 0 Å². The van der Waals surface area contributed by atoms with Gasteiger partial charge in [-0.25, -0.2) is 0 Å². The minimum absolute atomic E-state index is 0.0707. The third-order valence-corrected chi connectivity index (χ3v) is 12.8. The highest BCUT2D eigenvalue weighted by Gasteiger charge is 2.45. The Morgan fingerprint density at radius 1 is 0.969 bits per heavy atom. The van der Waals surface area contributed by atoms with Crippen LogP contribution in [-0.2, 0) is 20.5 Å². The number of aliphatic hydroxyl groups excluding tert-OH is 1. The van der Waals surface area contributed by atoms with Crippen LogP contribution in [-0.4, -0.2) is 52.1 Å². The van der Waals surface area contributed by atoms with Crippen molar-refractivity contribution in [2.45, 2.75) is 95.9 Å². The molecule has 0 unspecified atom stereocenters. The van der Waals surface area contributed by atoms with E-state index < -0.39 is 8.32 Å². The van der Waals surface area contributed by atoms with Crippen molar-refractivity contribution in [3.63, 3.8) is 0 Å². The molecule has 1 aliphatic rings. The van der Waals surface area contributed by atoms with Gasteiger partial charge in [-0.1, -0.05) is 65.8 Å². The zero-order valence-electron chi connectivity index (χ0n) is 21.0. The number of aliphatic hydroxyl groups is 1. The first-order valence-electron chi connectivity index (χ1n) is 12.0. The smallest absolute Gasteiger partial charge is 0.200 e. The van der Waals surface area contributed by atoms with E-state index in [-0.39, 0.29) is 24.9 Å². The number of methoxy groups -OCH3 is 1. The van der Waals surface area contributed by atoms with Gasteiger partial charge in [-0.3, -0.25) is 0 Å². The van der Waals surface area contributed by atoms with E-state index >= 15 is 0 Å². The predicted molar refractivity (Wildman–Crippen MR) is 133 cm³/mol. The van der Waals surface area contributed by atoms with E-state index in [1.807, 2.05) is 24.3 Å². The Balaban J connectivity index is 2.03. The summed E-state index contributed by atoms with van der Waals surface area (Å²) in [6.07, 6.45) is 5.16. The second-order valence-corrected chi connectivity index (χ2v) is 15.2. The van der Waals surface area contributed by atoms with Crippen LogP contribution in [0, 0.1) is 0 Å². The molecule has 1 aromatic carbocycles. The third kappa shape index (κ3) is 6.91. The maximum Gasteiger partial charge on any atom is 0.200 e. The highest BCUT2D eigenvalue weighted by Crippen LogP contribution is 2.42. The summed E-state index contributed by atoms with van der Waals surface area (Å²) in [5, 5.41) is 10.1. The molecule has 0 bridgehead atoms. The van der Waals surface area contributed by atoms with Crippen LogP contribution in [0.5, 0.6) is 5.75 Å². The number of hydrogen-bond donors (Lipinski definition) is 1. The van der Waals surface area contributed by atoms with Gasteiger partial charge in [0.05, 0.1) is 39.1 Å². The Kier molecular flexibility index (Phi) is 10.9. The second kappa shape index (κ2) is 12.9. The molecule has 0 saturated heterocycles. The lowest BCUT2D eigenvalue weighted by atomic mass is 10.1. The average molecular weight is 465 g/mol. The maximum absolute atomic E-state index is 10.1. The van der Waals surface area contributed by atoms with Crippen molar-refractivity contribution in [3.8, 4) is 5.75 Å². The summed E-state index contributed by atoms with van der Waals surface area (Å²) < 4.78 is 24.5. The van der Waals surface area contributed by atoms with Crippen LogP contribution in [0.2, 0.25) is 16.6 Å². The molecule has 1 heterocycles. The zero-order valence-corrected chi connectivity index (χ0v) is 22.0. The standard InChI is InChI=1S/C26H44O5Si/c1-19(2)32(20(3)4,21(5)6)30-18-24-10-8-9-11-25(26(16-27)31-24)29-17-22-12-14-23(28-7)15-13-22/h8-9,12-15,19-21,24-27H,10-11,16-18H2,1-7H3/b9-8-/t24-,25-,26+/m0/s1. The Morgan fingerprint density at radius 3 is 2.09 bits per heavy atom. The molecule has 0 amide bonds. The molecule has 1 aliphatic heterocycles. The van der Waals surface area contributed by atoms with Crippen LogP contribution in [0.1, 0.15) is 59.9 Å². The fraction of sp³-hybridized carbons (Fsp3) is 0.692. The lowest BCUT2D eigenvalue weighted by Gasteiger charge is -2.43. The summed E-state index contributed by atoms with van der Waals surface area (Å²) >= 11 is 0. The first-order chi connectivity index (χ1) is 15.2. The van der Waals surface area contributed by atoms with Crippen molar-refractivity contribution in [2.75, 3.05) is 20.3 Å². The fourth-order valence-electron chi connectivity index (χ4n) is 5.13. The van der Waals surface area contributed by atoms with Crippen molar-refractivity contribution in [3.05, 3.63) is 42.0 Å². The van der Waals surface area contributed by atoms with Crippen LogP contribution in [0.3, 0.4) is 0 Å². The molecule has 1 aromatic rings. The van der Waals surface area contributed by atoms with E-state index in [9.17, 15) is 5.11 Å². The zero-order chi connectivity index (χ0) is 23.7. The summed E-state index contributed by atoms with van der Waals surface area (Å²) in [6, 6.07) is 7.85. The van der Waals surface area contributed by atoms with Crippen LogP contribution >= 0.6 is 0 Å². The van der Waals surface area contributed by atoms with Gasteiger partial charge in [-0.05, 0) is 47.2 Å². The molecule has 1 N–H and O–H groups in total. The number of ether oxygens (including phenoxy) is 3. The van der Waals surface area contributed by atoms with Gasteiger partial charge in [0.25, 0.3) is 0 Å². The molecular formula is C26H44O5Si. The molecule has 2 rings (SSSR count). The quantitative estimate of drug-likeness (QED) is 0.328. The summed E-state index contributed by atoms with van der Waals surface area (Å²) in [6.45, 7) is 14.7. The van der Waals surface area contributed by atoms with E-state index in [0.29, 0.717) is 29.8 Å².